The molecule has 0 saturated heterocycles. The van der Waals surface area contributed by atoms with Gasteiger partial charge in [0.25, 0.3) is 5.91 Å². The number of hydrogen-bond donors (Lipinski definition) is 2. The number of benzene rings is 1. The molecule has 140 valence electrons. The molecule has 0 radical (unpaired) electrons. The van der Waals surface area contributed by atoms with Crippen LogP contribution in [0.5, 0.6) is 0 Å². The Morgan fingerprint density at radius 3 is 2.70 bits per heavy atom. The van der Waals surface area contributed by atoms with Gasteiger partial charge in [-0.1, -0.05) is 29.3 Å². The largest absolute Gasteiger partial charge is 0.365 e. The van der Waals surface area contributed by atoms with Gasteiger partial charge in [-0.05, 0) is 38.0 Å². The fraction of sp³-hybridized carbons (Fsp3) is 0.222. The lowest BCUT2D eigenvalue weighted by Gasteiger charge is -2.12. The lowest BCUT2D eigenvalue weighted by atomic mass is 10.1. The summed E-state index contributed by atoms with van der Waals surface area (Å²) in [6, 6.07) is 5.05. The molecule has 0 bridgehead atoms. The van der Waals surface area contributed by atoms with Gasteiger partial charge in [-0.25, -0.2) is 9.50 Å². The van der Waals surface area contributed by atoms with Crippen molar-refractivity contribution in [3.05, 3.63) is 57.0 Å². The van der Waals surface area contributed by atoms with E-state index in [-0.39, 0.29) is 17.9 Å². The number of amides is 2. The van der Waals surface area contributed by atoms with Crippen LogP contribution in [0.15, 0.2) is 24.4 Å². The SMILES string of the molecule is Cc1nc2c(C(N)=O)cnn2c(C)c1CCC(=O)Nc1cccc(Cl)c1Cl. The number of halogens is 2. The van der Waals surface area contributed by atoms with E-state index < -0.39 is 5.91 Å². The molecule has 0 fully saturated rings. The van der Waals surface area contributed by atoms with E-state index in [1.807, 2.05) is 13.8 Å². The van der Waals surface area contributed by atoms with Crippen molar-refractivity contribution in [2.24, 2.45) is 5.73 Å². The number of nitrogens with zero attached hydrogens (tertiary/aromatic N) is 3. The second kappa shape index (κ2) is 7.54. The molecule has 0 aliphatic carbocycles. The summed E-state index contributed by atoms with van der Waals surface area (Å²) in [4.78, 5) is 28.2. The fourth-order valence-corrected chi connectivity index (χ4v) is 3.25. The molecule has 2 amide bonds. The second-order valence-corrected chi connectivity index (χ2v) is 6.85. The number of carbonyl (C=O) groups is 2. The summed E-state index contributed by atoms with van der Waals surface area (Å²) in [6.45, 7) is 3.69. The van der Waals surface area contributed by atoms with Gasteiger partial charge in [-0.2, -0.15) is 5.10 Å². The highest BCUT2D eigenvalue weighted by Crippen LogP contribution is 2.29. The third-order valence-electron chi connectivity index (χ3n) is 4.30. The first kappa shape index (κ1) is 19.1. The number of aromatic nitrogens is 3. The molecule has 3 aromatic rings. The number of hydrogen-bond acceptors (Lipinski definition) is 4. The van der Waals surface area contributed by atoms with Crippen molar-refractivity contribution in [3.63, 3.8) is 0 Å². The maximum Gasteiger partial charge on any atom is 0.254 e. The van der Waals surface area contributed by atoms with Crippen LogP contribution in [0.4, 0.5) is 5.69 Å². The van der Waals surface area contributed by atoms with E-state index in [0.717, 1.165) is 17.0 Å². The number of aryl methyl sites for hydroxylation is 2. The summed E-state index contributed by atoms with van der Waals surface area (Å²) in [6.07, 6.45) is 2.08. The molecule has 0 aliphatic heterocycles. The second-order valence-electron chi connectivity index (χ2n) is 6.07. The molecule has 0 unspecified atom stereocenters. The highest BCUT2D eigenvalue weighted by molar-refractivity contribution is 6.43. The van der Waals surface area contributed by atoms with Crippen LogP contribution in [-0.4, -0.2) is 26.4 Å². The van der Waals surface area contributed by atoms with Gasteiger partial charge in [0.2, 0.25) is 5.91 Å². The van der Waals surface area contributed by atoms with E-state index in [0.29, 0.717) is 27.8 Å². The Morgan fingerprint density at radius 2 is 2.00 bits per heavy atom. The van der Waals surface area contributed by atoms with Gasteiger partial charge >= 0.3 is 0 Å². The molecule has 0 aliphatic rings. The Hall–Kier alpha value is -2.64. The van der Waals surface area contributed by atoms with Crippen molar-refractivity contribution in [1.29, 1.82) is 0 Å². The first-order valence-corrected chi connectivity index (χ1v) is 8.92. The van der Waals surface area contributed by atoms with Crippen molar-refractivity contribution in [2.75, 3.05) is 5.32 Å². The molecule has 27 heavy (non-hydrogen) atoms. The van der Waals surface area contributed by atoms with Crippen molar-refractivity contribution >= 4 is 46.4 Å². The molecule has 3 N–H and O–H groups in total. The van der Waals surface area contributed by atoms with E-state index in [9.17, 15) is 9.59 Å². The number of primary amides is 1. The normalized spacial score (nSPS) is 11.0. The predicted octanol–water partition coefficient (Wildman–Crippen LogP) is 3.32. The van der Waals surface area contributed by atoms with Gasteiger partial charge in [0.15, 0.2) is 5.65 Å². The van der Waals surface area contributed by atoms with Gasteiger partial charge in [-0.3, -0.25) is 9.59 Å². The van der Waals surface area contributed by atoms with Gasteiger partial charge in [-0.15, -0.1) is 0 Å². The van der Waals surface area contributed by atoms with Crippen LogP contribution in [0.2, 0.25) is 10.0 Å². The minimum Gasteiger partial charge on any atom is -0.365 e. The van der Waals surface area contributed by atoms with E-state index in [2.05, 4.69) is 15.4 Å². The van der Waals surface area contributed by atoms with Crippen LogP contribution in [0, 0.1) is 13.8 Å². The zero-order valence-electron chi connectivity index (χ0n) is 14.7. The molecule has 0 saturated carbocycles. The number of fused-ring (bicyclic) bond motifs is 1. The molecule has 0 atom stereocenters. The minimum atomic E-state index is -0.582. The number of nitrogens with one attached hydrogen (secondary N) is 1. The molecule has 7 nitrogen and oxygen atoms in total. The summed E-state index contributed by atoms with van der Waals surface area (Å²) in [5.74, 6) is -0.779. The third-order valence-corrected chi connectivity index (χ3v) is 5.12. The molecule has 2 heterocycles. The lowest BCUT2D eigenvalue weighted by Crippen LogP contribution is -2.15. The summed E-state index contributed by atoms with van der Waals surface area (Å²) in [5, 5.41) is 7.61. The van der Waals surface area contributed by atoms with E-state index >= 15 is 0 Å². The van der Waals surface area contributed by atoms with Gasteiger partial charge in [0, 0.05) is 17.8 Å². The van der Waals surface area contributed by atoms with Crippen molar-refractivity contribution in [1.82, 2.24) is 14.6 Å². The Morgan fingerprint density at radius 1 is 1.26 bits per heavy atom. The summed E-state index contributed by atoms with van der Waals surface area (Å²) in [5.41, 5.74) is 8.90. The molecule has 1 aromatic carbocycles. The highest BCUT2D eigenvalue weighted by Gasteiger charge is 2.17. The Kier molecular flexibility index (Phi) is 5.34. The monoisotopic (exact) mass is 405 g/mol. The zero-order valence-corrected chi connectivity index (χ0v) is 16.2. The first-order chi connectivity index (χ1) is 12.8. The van der Waals surface area contributed by atoms with Crippen molar-refractivity contribution < 1.29 is 9.59 Å². The van der Waals surface area contributed by atoms with Crippen LogP contribution < -0.4 is 11.1 Å². The average Bonchev–Trinajstić information content (AvgIpc) is 3.03. The highest BCUT2D eigenvalue weighted by atomic mass is 35.5. The smallest absolute Gasteiger partial charge is 0.254 e. The predicted molar refractivity (Wildman–Crippen MR) is 104 cm³/mol. The van der Waals surface area contributed by atoms with Gasteiger partial charge < -0.3 is 11.1 Å². The van der Waals surface area contributed by atoms with Gasteiger partial charge in [0.1, 0.15) is 5.56 Å². The van der Waals surface area contributed by atoms with Crippen LogP contribution in [0.3, 0.4) is 0 Å². The summed E-state index contributed by atoms with van der Waals surface area (Å²) < 4.78 is 1.56. The van der Waals surface area contributed by atoms with Crippen LogP contribution in [0.1, 0.15) is 33.7 Å². The fourth-order valence-electron chi connectivity index (χ4n) is 2.90. The standard InChI is InChI=1S/C18H17Cl2N5O2/c1-9-11(10(2)25-18(23-9)12(8-22-25)17(21)27)6-7-15(26)24-14-5-3-4-13(19)16(14)20/h3-5,8H,6-7H2,1-2H3,(H2,21,27)(H,24,26). The lowest BCUT2D eigenvalue weighted by molar-refractivity contribution is -0.116. The van der Waals surface area contributed by atoms with Crippen molar-refractivity contribution in [2.45, 2.75) is 26.7 Å². The third kappa shape index (κ3) is 3.74. The van der Waals surface area contributed by atoms with Gasteiger partial charge in [0.05, 0.1) is 21.9 Å². The summed E-state index contributed by atoms with van der Waals surface area (Å²) in [7, 11) is 0. The Balaban J connectivity index is 1.79. The number of nitrogens with two attached hydrogens (primary N) is 1. The number of anilines is 1. The Bertz CT molecular complexity index is 1060. The molecule has 2 aromatic heterocycles. The maximum atomic E-state index is 12.3. The quantitative estimate of drug-likeness (QED) is 0.679. The van der Waals surface area contributed by atoms with Crippen molar-refractivity contribution in [3.8, 4) is 0 Å². The van der Waals surface area contributed by atoms with E-state index in [1.165, 1.54) is 6.20 Å². The maximum absolute atomic E-state index is 12.3. The number of carbonyl (C=O) groups excluding carboxylic acids is 2. The molecular weight excluding hydrogens is 389 g/mol. The first-order valence-electron chi connectivity index (χ1n) is 8.17. The van der Waals surface area contributed by atoms with E-state index in [1.54, 1.807) is 22.7 Å². The minimum absolute atomic E-state index is 0.198. The van der Waals surface area contributed by atoms with Crippen LogP contribution in [-0.2, 0) is 11.2 Å². The molecular formula is C18H17Cl2N5O2. The Labute approximate surface area is 165 Å². The summed E-state index contributed by atoms with van der Waals surface area (Å²) >= 11 is 12.0. The van der Waals surface area contributed by atoms with E-state index in [4.69, 9.17) is 28.9 Å². The topological polar surface area (TPSA) is 102 Å². The zero-order chi connectivity index (χ0) is 19.7. The number of rotatable bonds is 5. The molecule has 9 heteroatoms. The molecule has 3 rings (SSSR count). The molecule has 0 spiro atoms. The van der Waals surface area contributed by atoms with Crippen LogP contribution in [0.25, 0.3) is 5.65 Å². The average molecular weight is 406 g/mol. The van der Waals surface area contributed by atoms with Crippen LogP contribution >= 0.6 is 23.2 Å².